The average Bonchev–Trinajstić information content (AvgIpc) is 2.32. The van der Waals surface area contributed by atoms with Gasteiger partial charge in [0.1, 0.15) is 0 Å². The predicted molar refractivity (Wildman–Crippen MR) is 74.4 cm³/mol. The van der Waals surface area contributed by atoms with Crippen molar-refractivity contribution in [1.29, 1.82) is 0 Å². The van der Waals surface area contributed by atoms with E-state index in [4.69, 9.17) is 16.3 Å². The number of ether oxygens (including phenoxy) is 1. The topological polar surface area (TPSA) is 21.3 Å². The van der Waals surface area contributed by atoms with Gasteiger partial charge in [0.25, 0.3) is 0 Å². The molecular formula is C13H17BrClNO. The maximum Gasteiger partial charge on any atom is 0.0645 e. The first-order chi connectivity index (χ1) is 8.09. The second-order valence-corrected chi connectivity index (χ2v) is 6.08. The second kappa shape index (κ2) is 5.70. The van der Waals surface area contributed by atoms with Crippen LogP contribution in [-0.4, -0.2) is 18.8 Å². The zero-order chi connectivity index (χ0) is 12.3. The number of benzene rings is 1. The van der Waals surface area contributed by atoms with Gasteiger partial charge in [-0.2, -0.15) is 0 Å². The summed E-state index contributed by atoms with van der Waals surface area (Å²) < 4.78 is 6.46. The van der Waals surface area contributed by atoms with Crippen molar-refractivity contribution in [3.8, 4) is 0 Å². The Balaban J connectivity index is 1.94. The third-order valence-electron chi connectivity index (χ3n) is 3.14. The van der Waals surface area contributed by atoms with Crippen LogP contribution >= 0.6 is 27.5 Å². The van der Waals surface area contributed by atoms with E-state index in [0.29, 0.717) is 0 Å². The third kappa shape index (κ3) is 3.68. The fourth-order valence-electron chi connectivity index (χ4n) is 2.04. The number of rotatable bonds is 3. The molecule has 1 aromatic carbocycles. The summed E-state index contributed by atoms with van der Waals surface area (Å²) in [4.78, 5) is 0. The molecule has 0 spiro atoms. The normalized spacial score (nSPS) is 24.9. The van der Waals surface area contributed by atoms with Crippen LogP contribution in [-0.2, 0) is 11.3 Å². The maximum absolute atomic E-state index is 6.07. The van der Waals surface area contributed by atoms with Crippen molar-refractivity contribution in [2.75, 3.05) is 13.2 Å². The lowest BCUT2D eigenvalue weighted by Crippen LogP contribution is -2.48. The number of nitrogens with one attached hydrogen (secondary N) is 1. The van der Waals surface area contributed by atoms with Crippen molar-refractivity contribution in [2.24, 2.45) is 0 Å². The lowest BCUT2D eigenvalue weighted by molar-refractivity contribution is 0.0278. The Morgan fingerprint density at radius 3 is 3.00 bits per heavy atom. The highest BCUT2D eigenvalue weighted by Gasteiger charge is 2.26. The largest absolute Gasteiger partial charge is 0.380 e. The molecule has 0 saturated carbocycles. The first-order valence-electron chi connectivity index (χ1n) is 5.86. The van der Waals surface area contributed by atoms with Crippen LogP contribution in [0.25, 0.3) is 0 Å². The number of hydrogen-bond donors (Lipinski definition) is 1. The summed E-state index contributed by atoms with van der Waals surface area (Å²) in [5.41, 5.74) is 1.29. The van der Waals surface area contributed by atoms with Crippen molar-refractivity contribution < 1.29 is 4.74 Å². The molecule has 1 aliphatic heterocycles. The van der Waals surface area contributed by atoms with Gasteiger partial charge >= 0.3 is 0 Å². The van der Waals surface area contributed by atoms with E-state index in [-0.39, 0.29) is 5.54 Å². The summed E-state index contributed by atoms with van der Waals surface area (Å²) in [5, 5.41) is 4.32. The van der Waals surface area contributed by atoms with E-state index in [9.17, 15) is 0 Å². The molecule has 1 atom stereocenters. The molecule has 0 amide bonds. The van der Waals surface area contributed by atoms with E-state index < -0.39 is 0 Å². The summed E-state index contributed by atoms with van der Waals surface area (Å²) in [6.07, 6.45) is 2.29. The van der Waals surface area contributed by atoms with Crippen LogP contribution in [0.5, 0.6) is 0 Å². The molecule has 1 aliphatic rings. The fraction of sp³-hybridized carbons (Fsp3) is 0.538. The van der Waals surface area contributed by atoms with Crippen molar-refractivity contribution in [2.45, 2.75) is 31.8 Å². The molecule has 2 rings (SSSR count). The molecule has 4 heteroatoms. The summed E-state index contributed by atoms with van der Waals surface area (Å²) in [7, 11) is 0. The van der Waals surface area contributed by atoms with Gasteiger partial charge in [0, 0.05) is 23.2 Å². The molecule has 1 unspecified atom stereocenters. The Labute approximate surface area is 116 Å². The minimum Gasteiger partial charge on any atom is -0.380 e. The second-order valence-electron chi connectivity index (χ2n) is 4.82. The SMILES string of the molecule is CC1(NCc2ccc(Br)c(Cl)c2)CCCOC1. The molecule has 0 radical (unpaired) electrons. The van der Waals surface area contributed by atoms with Crippen molar-refractivity contribution in [3.63, 3.8) is 0 Å². The standard InChI is InChI=1S/C13H17BrClNO/c1-13(5-2-6-17-9-13)16-8-10-3-4-11(14)12(15)7-10/h3-4,7,16H,2,5-6,8-9H2,1H3. The van der Waals surface area contributed by atoms with Crippen LogP contribution in [0.3, 0.4) is 0 Å². The van der Waals surface area contributed by atoms with Gasteiger partial charge in [0.05, 0.1) is 11.6 Å². The molecule has 1 N–H and O–H groups in total. The number of halogens is 2. The van der Waals surface area contributed by atoms with Crippen molar-refractivity contribution in [1.82, 2.24) is 5.32 Å². The van der Waals surface area contributed by atoms with Gasteiger partial charge in [-0.05, 0) is 53.4 Å². The molecule has 0 aliphatic carbocycles. The molecule has 94 valence electrons. The highest BCUT2D eigenvalue weighted by molar-refractivity contribution is 9.10. The van der Waals surface area contributed by atoms with Gasteiger partial charge in [-0.3, -0.25) is 0 Å². The highest BCUT2D eigenvalue weighted by atomic mass is 79.9. The van der Waals surface area contributed by atoms with Gasteiger partial charge in [0.2, 0.25) is 0 Å². The summed E-state index contributed by atoms with van der Waals surface area (Å²) >= 11 is 9.47. The van der Waals surface area contributed by atoms with E-state index in [0.717, 1.165) is 42.1 Å². The molecule has 2 nitrogen and oxygen atoms in total. The zero-order valence-corrected chi connectivity index (χ0v) is 12.3. The predicted octanol–water partition coefficient (Wildman–Crippen LogP) is 3.76. The first kappa shape index (κ1) is 13.3. The zero-order valence-electron chi connectivity index (χ0n) is 9.93. The average molecular weight is 319 g/mol. The van der Waals surface area contributed by atoms with E-state index in [1.165, 1.54) is 5.56 Å². The highest BCUT2D eigenvalue weighted by Crippen LogP contribution is 2.24. The Morgan fingerprint density at radius 2 is 2.35 bits per heavy atom. The minimum atomic E-state index is 0.0950. The van der Waals surface area contributed by atoms with Gasteiger partial charge in [-0.25, -0.2) is 0 Å². The molecule has 1 heterocycles. The fourth-order valence-corrected chi connectivity index (χ4v) is 2.49. The molecule has 0 bridgehead atoms. The van der Waals surface area contributed by atoms with Crippen LogP contribution in [0, 0.1) is 0 Å². The molecular weight excluding hydrogens is 302 g/mol. The van der Waals surface area contributed by atoms with E-state index in [1.807, 2.05) is 12.1 Å². The van der Waals surface area contributed by atoms with Crippen LogP contribution in [0.2, 0.25) is 5.02 Å². The maximum atomic E-state index is 6.07. The van der Waals surface area contributed by atoms with E-state index >= 15 is 0 Å². The Morgan fingerprint density at radius 1 is 1.53 bits per heavy atom. The van der Waals surface area contributed by atoms with Gasteiger partial charge < -0.3 is 10.1 Å². The van der Waals surface area contributed by atoms with Crippen LogP contribution < -0.4 is 5.32 Å². The summed E-state index contributed by atoms with van der Waals surface area (Å²) in [6.45, 7) is 4.72. The molecule has 1 saturated heterocycles. The van der Waals surface area contributed by atoms with Crippen LogP contribution in [0.4, 0.5) is 0 Å². The first-order valence-corrected chi connectivity index (χ1v) is 7.03. The van der Waals surface area contributed by atoms with E-state index in [1.54, 1.807) is 0 Å². The third-order valence-corrected chi connectivity index (χ3v) is 4.37. The van der Waals surface area contributed by atoms with Gasteiger partial charge in [-0.15, -0.1) is 0 Å². The number of hydrogen-bond acceptors (Lipinski definition) is 2. The van der Waals surface area contributed by atoms with Crippen molar-refractivity contribution >= 4 is 27.5 Å². The lowest BCUT2D eigenvalue weighted by Gasteiger charge is -2.34. The van der Waals surface area contributed by atoms with Crippen LogP contribution in [0.15, 0.2) is 22.7 Å². The Kier molecular flexibility index (Phi) is 4.47. The molecule has 0 aromatic heterocycles. The Hall–Kier alpha value is -0.0900. The van der Waals surface area contributed by atoms with E-state index in [2.05, 4.69) is 34.2 Å². The smallest absolute Gasteiger partial charge is 0.0645 e. The Bertz CT molecular complexity index is 391. The van der Waals surface area contributed by atoms with Crippen LogP contribution in [0.1, 0.15) is 25.3 Å². The monoisotopic (exact) mass is 317 g/mol. The van der Waals surface area contributed by atoms with Crippen molar-refractivity contribution in [3.05, 3.63) is 33.3 Å². The molecule has 1 aromatic rings. The lowest BCUT2D eigenvalue weighted by atomic mass is 9.94. The summed E-state index contributed by atoms with van der Waals surface area (Å²) in [6, 6.07) is 6.06. The summed E-state index contributed by atoms with van der Waals surface area (Å²) in [5.74, 6) is 0. The minimum absolute atomic E-state index is 0.0950. The molecule has 1 fully saturated rings. The quantitative estimate of drug-likeness (QED) is 0.916. The molecule has 17 heavy (non-hydrogen) atoms. The van der Waals surface area contributed by atoms with Gasteiger partial charge in [0.15, 0.2) is 0 Å². The van der Waals surface area contributed by atoms with Gasteiger partial charge in [-0.1, -0.05) is 17.7 Å².